The van der Waals surface area contributed by atoms with E-state index >= 15 is 0 Å². The second kappa shape index (κ2) is 8.87. The van der Waals surface area contributed by atoms with Crippen LogP contribution >= 0.6 is 0 Å². The van der Waals surface area contributed by atoms with Gasteiger partial charge in [0.25, 0.3) is 0 Å². The lowest BCUT2D eigenvalue weighted by Gasteiger charge is -2.21. The summed E-state index contributed by atoms with van der Waals surface area (Å²) in [5.74, 6) is 1.35. The first-order chi connectivity index (χ1) is 13.6. The first kappa shape index (κ1) is 19.2. The van der Waals surface area contributed by atoms with Crippen molar-refractivity contribution in [2.24, 2.45) is 7.05 Å². The maximum Gasteiger partial charge on any atom is 0.221 e. The van der Waals surface area contributed by atoms with Crippen LogP contribution in [0.15, 0.2) is 60.9 Å². The van der Waals surface area contributed by atoms with E-state index in [-0.39, 0.29) is 5.91 Å². The Balaban J connectivity index is 1.76. The van der Waals surface area contributed by atoms with Gasteiger partial charge >= 0.3 is 0 Å². The van der Waals surface area contributed by atoms with Gasteiger partial charge in [0.05, 0.1) is 18.7 Å². The molecule has 0 bridgehead atoms. The number of nitriles is 1. The number of benzene rings is 2. The third-order valence-electron chi connectivity index (χ3n) is 4.60. The number of hydrogen-bond acceptors (Lipinski definition) is 4. The van der Waals surface area contributed by atoms with Gasteiger partial charge in [-0.2, -0.15) is 5.26 Å². The summed E-state index contributed by atoms with van der Waals surface area (Å²) in [5.41, 5.74) is 2.48. The summed E-state index contributed by atoms with van der Waals surface area (Å²) in [4.78, 5) is 17.1. The predicted octanol–water partition coefficient (Wildman–Crippen LogP) is 3.14. The van der Waals surface area contributed by atoms with E-state index in [0.29, 0.717) is 24.2 Å². The number of carbonyl (C=O) groups excluding carboxylic acids is 1. The van der Waals surface area contributed by atoms with Gasteiger partial charge < -0.3 is 14.6 Å². The van der Waals surface area contributed by atoms with Crippen molar-refractivity contribution in [1.29, 1.82) is 5.26 Å². The fraction of sp³-hybridized carbons (Fsp3) is 0.227. The van der Waals surface area contributed by atoms with Crippen LogP contribution < -0.4 is 10.1 Å². The van der Waals surface area contributed by atoms with Crippen molar-refractivity contribution >= 4 is 5.91 Å². The lowest BCUT2D eigenvalue weighted by Crippen LogP contribution is -2.31. The third-order valence-corrected chi connectivity index (χ3v) is 4.60. The molecule has 0 aliphatic carbocycles. The van der Waals surface area contributed by atoms with E-state index in [4.69, 9.17) is 10.00 Å². The molecule has 0 fully saturated rings. The Hall–Kier alpha value is -3.59. The van der Waals surface area contributed by atoms with Gasteiger partial charge in [0, 0.05) is 31.4 Å². The number of para-hydroxylation sites is 1. The van der Waals surface area contributed by atoms with Crippen molar-refractivity contribution in [3.05, 3.63) is 83.4 Å². The second-order valence-electron chi connectivity index (χ2n) is 6.45. The predicted molar refractivity (Wildman–Crippen MR) is 106 cm³/mol. The summed E-state index contributed by atoms with van der Waals surface area (Å²) in [5, 5.41) is 12.0. The highest BCUT2D eigenvalue weighted by Gasteiger charge is 2.23. The normalized spacial score (nSPS) is 11.5. The number of imidazole rings is 1. The molecule has 2 aromatic carbocycles. The van der Waals surface area contributed by atoms with Gasteiger partial charge in [0.1, 0.15) is 17.6 Å². The number of hydrogen-bond donors (Lipinski definition) is 1. The first-order valence-electron chi connectivity index (χ1n) is 9.01. The minimum absolute atomic E-state index is 0.0803. The molecule has 3 aromatic rings. The Kier molecular flexibility index (Phi) is 6.07. The standard InChI is InChI=1S/C22H22N4O2/c1-26-14-13-24-22(26)21(18-5-3-4-6-19(18)28-2)25-20(27)12-11-16-7-9-17(15-23)10-8-16/h3-10,13-14,21H,11-12H2,1-2H3,(H,25,27). The molecule has 1 heterocycles. The van der Waals surface area contributed by atoms with E-state index < -0.39 is 6.04 Å². The lowest BCUT2D eigenvalue weighted by molar-refractivity contribution is -0.121. The van der Waals surface area contributed by atoms with Gasteiger partial charge in [-0.3, -0.25) is 4.79 Å². The number of methoxy groups -OCH3 is 1. The van der Waals surface area contributed by atoms with E-state index in [1.165, 1.54) is 0 Å². The Labute approximate surface area is 164 Å². The Bertz CT molecular complexity index is 986. The number of rotatable bonds is 7. The number of carbonyl (C=O) groups is 1. The van der Waals surface area contributed by atoms with Crippen molar-refractivity contribution in [1.82, 2.24) is 14.9 Å². The topological polar surface area (TPSA) is 79.9 Å². The van der Waals surface area contributed by atoms with Crippen LogP contribution in [0, 0.1) is 11.3 Å². The van der Waals surface area contributed by atoms with Gasteiger partial charge in [-0.15, -0.1) is 0 Å². The monoisotopic (exact) mass is 374 g/mol. The first-order valence-corrected chi connectivity index (χ1v) is 9.01. The summed E-state index contributed by atoms with van der Waals surface area (Å²) < 4.78 is 7.37. The minimum Gasteiger partial charge on any atom is -0.496 e. The molecule has 1 unspecified atom stereocenters. The van der Waals surface area contributed by atoms with Crippen LogP contribution in [-0.2, 0) is 18.3 Å². The maximum atomic E-state index is 12.7. The molecule has 0 aliphatic heterocycles. The van der Waals surface area contributed by atoms with Gasteiger partial charge in [-0.05, 0) is 30.2 Å². The smallest absolute Gasteiger partial charge is 0.221 e. The molecular formula is C22H22N4O2. The zero-order valence-corrected chi connectivity index (χ0v) is 15.9. The zero-order chi connectivity index (χ0) is 19.9. The number of aryl methyl sites for hydroxylation is 2. The van der Waals surface area contributed by atoms with E-state index in [2.05, 4.69) is 16.4 Å². The molecule has 0 aliphatic rings. The van der Waals surface area contributed by atoms with Gasteiger partial charge in [-0.1, -0.05) is 30.3 Å². The van der Waals surface area contributed by atoms with Crippen LogP contribution in [0.3, 0.4) is 0 Å². The summed E-state index contributed by atoms with van der Waals surface area (Å²) in [6, 6.07) is 16.6. The number of aromatic nitrogens is 2. The molecule has 1 amide bonds. The van der Waals surface area contributed by atoms with Crippen molar-refractivity contribution < 1.29 is 9.53 Å². The Morgan fingerprint density at radius 2 is 2.00 bits per heavy atom. The number of nitrogens with one attached hydrogen (secondary N) is 1. The maximum absolute atomic E-state index is 12.7. The largest absolute Gasteiger partial charge is 0.496 e. The van der Waals surface area contributed by atoms with Crippen LogP contribution in [0.4, 0.5) is 0 Å². The number of nitrogens with zero attached hydrogens (tertiary/aromatic N) is 3. The van der Waals surface area contributed by atoms with Crippen molar-refractivity contribution in [2.45, 2.75) is 18.9 Å². The highest BCUT2D eigenvalue weighted by atomic mass is 16.5. The summed E-state index contributed by atoms with van der Waals surface area (Å²) in [7, 11) is 3.51. The van der Waals surface area contributed by atoms with Crippen molar-refractivity contribution in [3.63, 3.8) is 0 Å². The van der Waals surface area contributed by atoms with Crippen LogP contribution in [0.2, 0.25) is 0 Å². The summed E-state index contributed by atoms with van der Waals surface area (Å²) >= 11 is 0. The molecule has 1 N–H and O–H groups in total. The Morgan fingerprint density at radius 3 is 2.64 bits per heavy atom. The molecule has 3 rings (SSSR count). The molecule has 142 valence electrons. The van der Waals surface area contributed by atoms with Gasteiger partial charge in [0.15, 0.2) is 0 Å². The van der Waals surface area contributed by atoms with Crippen LogP contribution in [-0.4, -0.2) is 22.6 Å². The van der Waals surface area contributed by atoms with Gasteiger partial charge in [0.2, 0.25) is 5.91 Å². The van der Waals surface area contributed by atoms with E-state index in [9.17, 15) is 4.79 Å². The molecule has 1 aromatic heterocycles. The molecule has 6 nitrogen and oxygen atoms in total. The van der Waals surface area contributed by atoms with Crippen molar-refractivity contribution in [3.8, 4) is 11.8 Å². The lowest BCUT2D eigenvalue weighted by atomic mass is 10.0. The van der Waals surface area contributed by atoms with Crippen LogP contribution in [0.1, 0.15) is 35.0 Å². The highest BCUT2D eigenvalue weighted by Crippen LogP contribution is 2.29. The molecule has 0 spiro atoms. The fourth-order valence-corrected chi connectivity index (χ4v) is 3.08. The number of amides is 1. The molecule has 0 saturated heterocycles. The second-order valence-corrected chi connectivity index (χ2v) is 6.45. The van der Waals surface area contributed by atoms with Crippen molar-refractivity contribution in [2.75, 3.05) is 7.11 Å². The zero-order valence-electron chi connectivity index (χ0n) is 15.9. The van der Waals surface area contributed by atoms with E-state index in [1.807, 2.05) is 54.2 Å². The quantitative estimate of drug-likeness (QED) is 0.689. The molecule has 1 atom stereocenters. The number of ether oxygens (including phenoxy) is 1. The molecule has 6 heteroatoms. The molecule has 0 radical (unpaired) electrons. The average molecular weight is 374 g/mol. The van der Waals surface area contributed by atoms with Crippen LogP contribution in [0.25, 0.3) is 0 Å². The molecule has 28 heavy (non-hydrogen) atoms. The summed E-state index contributed by atoms with van der Waals surface area (Å²) in [6.45, 7) is 0. The van der Waals surface area contributed by atoms with Crippen LogP contribution in [0.5, 0.6) is 5.75 Å². The minimum atomic E-state index is -0.412. The molecule has 0 saturated carbocycles. The molecular weight excluding hydrogens is 352 g/mol. The third kappa shape index (κ3) is 4.38. The van der Waals surface area contributed by atoms with E-state index in [0.717, 1.165) is 17.0 Å². The summed E-state index contributed by atoms with van der Waals surface area (Å²) in [6.07, 6.45) is 4.49. The average Bonchev–Trinajstić information content (AvgIpc) is 3.16. The highest BCUT2D eigenvalue weighted by molar-refractivity contribution is 5.77. The SMILES string of the molecule is COc1ccccc1C(NC(=O)CCc1ccc(C#N)cc1)c1nccn1C. The van der Waals surface area contributed by atoms with E-state index in [1.54, 1.807) is 25.4 Å². The van der Waals surface area contributed by atoms with Gasteiger partial charge in [-0.25, -0.2) is 4.98 Å². The Morgan fingerprint density at radius 1 is 1.25 bits per heavy atom. The fourth-order valence-electron chi connectivity index (χ4n) is 3.08.